The van der Waals surface area contributed by atoms with Crippen LogP contribution >= 0.6 is 0 Å². The van der Waals surface area contributed by atoms with Crippen molar-refractivity contribution in [2.24, 2.45) is 5.92 Å². The third kappa shape index (κ3) is 5.76. The quantitative estimate of drug-likeness (QED) is 0.424. The number of carbonyl (C=O) groups is 1. The van der Waals surface area contributed by atoms with Crippen LogP contribution in [0.1, 0.15) is 57.4 Å². The average Bonchev–Trinajstić information content (AvgIpc) is 3.33. The van der Waals surface area contributed by atoms with Gasteiger partial charge in [0.05, 0.1) is 18.0 Å². The molecule has 1 amide bonds. The molecule has 11 heteroatoms. The number of hydrogen-bond donors (Lipinski definition) is 3. The zero-order chi connectivity index (χ0) is 27.6. The van der Waals surface area contributed by atoms with Gasteiger partial charge in [-0.05, 0) is 70.5 Å². The predicted molar refractivity (Wildman–Crippen MR) is 152 cm³/mol. The number of aromatic nitrogens is 4. The zero-order valence-corrected chi connectivity index (χ0v) is 23.1. The fraction of sp³-hybridized carbons (Fsp3) is 0.586. The number of hydrogen-bond acceptors (Lipinski definition) is 8. The Bertz CT molecular complexity index is 1320. The minimum absolute atomic E-state index is 0.0333. The second kappa shape index (κ2) is 11.7. The topological polar surface area (TPSA) is 111 Å². The molecule has 214 valence electrons. The number of amides is 1. The Hall–Kier alpha value is -3.31. The van der Waals surface area contributed by atoms with Crippen molar-refractivity contribution in [3.63, 3.8) is 0 Å². The summed E-state index contributed by atoms with van der Waals surface area (Å²) in [5.74, 6) is 1.02. The number of anilines is 3. The van der Waals surface area contributed by atoms with Gasteiger partial charge >= 0.3 is 0 Å². The van der Waals surface area contributed by atoms with Crippen molar-refractivity contribution in [1.82, 2.24) is 29.3 Å². The van der Waals surface area contributed by atoms with Crippen LogP contribution in [0.25, 0.3) is 11.2 Å². The summed E-state index contributed by atoms with van der Waals surface area (Å²) in [6.07, 6.45) is 7.99. The summed E-state index contributed by atoms with van der Waals surface area (Å²) >= 11 is 0. The Labute approximate surface area is 234 Å². The van der Waals surface area contributed by atoms with E-state index < -0.39 is 0 Å². The molecule has 1 saturated heterocycles. The Balaban J connectivity index is 1.24. The van der Waals surface area contributed by atoms with Gasteiger partial charge in [-0.15, -0.1) is 0 Å². The Morgan fingerprint density at radius 1 is 0.975 bits per heavy atom. The van der Waals surface area contributed by atoms with Gasteiger partial charge < -0.3 is 25.5 Å². The minimum Gasteiger partial charge on any atom is -0.393 e. The first-order valence-corrected chi connectivity index (χ1v) is 14.6. The standard InChI is InChI=1S/C29H39FN8O2/c1-36-14-16-37(17-15-36)27(40)19-6-10-21(11-7-19)38-26-25(34-29(38)33-24-5-3-2-4-23(24)30)18-31-28(35-26)32-20-8-12-22(39)13-9-20/h2-5,18-22,39H,6-17H2,1H3,(H,33,34)(H,31,32,35). The number of halogens is 1. The van der Waals surface area contributed by atoms with Crippen molar-refractivity contribution in [2.45, 2.75) is 69.6 Å². The normalized spacial score (nSPS) is 26.1. The summed E-state index contributed by atoms with van der Waals surface area (Å²) < 4.78 is 16.7. The summed E-state index contributed by atoms with van der Waals surface area (Å²) in [5, 5.41) is 16.5. The van der Waals surface area contributed by atoms with E-state index in [-0.39, 0.29) is 35.8 Å². The molecule has 3 fully saturated rings. The number of aliphatic hydroxyl groups excluding tert-OH is 1. The summed E-state index contributed by atoms with van der Waals surface area (Å²) in [6.45, 7) is 3.44. The number of likely N-dealkylation sites (N-methyl/N-ethyl adjacent to an activating group) is 1. The van der Waals surface area contributed by atoms with E-state index in [1.807, 2.05) is 4.90 Å². The number of para-hydroxylation sites is 1. The number of carbonyl (C=O) groups excluding carboxylic acids is 1. The predicted octanol–water partition coefficient (Wildman–Crippen LogP) is 3.93. The van der Waals surface area contributed by atoms with Crippen LogP contribution in [-0.2, 0) is 4.79 Å². The number of benzene rings is 1. The van der Waals surface area contributed by atoms with Gasteiger partial charge in [0.25, 0.3) is 0 Å². The summed E-state index contributed by atoms with van der Waals surface area (Å²) in [5.41, 5.74) is 1.69. The first-order valence-electron chi connectivity index (χ1n) is 14.6. The van der Waals surface area contributed by atoms with Gasteiger partial charge in [-0.1, -0.05) is 12.1 Å². The van der Waals surface area contributed by atoms with Crippen molar-refractivity contribution in [2.75, 3.05) is 43.9 Å². The van der Waals surface area contributed by atoms with Crippen LogP contribution in [0.2, 0.25) is 0 Å². The lowest BCUT2D eigenvalue weighted by Crippen LogP contribution is -2.49. The number of aliphatic hydroxyl groups is 1. The Kier molecular flexibility index (Phi) is 7.84. The highest BCUT2D eigenvalue weighted by Crippen LogP contribution is 2.38. The molecule has 0 spiro atoms. The molecule has 6 rings (SSSR count). The number of nitrogens with zero attached hydrogens (tertiary/aromatic N) is 6. The van der Waals surface area contributed by atoms with Crippen LogP contribution in [0.5, 0.6) is 0 Å². The maximum Gasteiger partial charge on any atom is 0.225 e. The zero-order valence-electron chi connectivity index (χ0n) is 23.1. The van der Waals surface area contributed by atoms with Crippen molar-refractivity contribution >= 4 is 34.7 Å². The fourth-order valence-corrected chi connectivity index (χ4v) is 6.35. The van der Waals surface area contributed by atoms with Gasteiger partial charge in [0, 0.05) is 44.2 Å². The number of rotatable bonds is 6. The highest BCUT2D eigenvalue weighted by atomic mass is 19.1. The fourth-order valence-electron chi connectivity index (χ4n) is 6.35. The number of nitrogens with one attached hydrogen (secondary N) is 2. The molecule has 3 aromatic rings. The lowest BCUT2D eigenvalue weighted by Gasteiger charge is -2.37. The van der Waals surface area contributed by atoms with Crippen molar-refractivity contribution in [3.05, 3.63) is 36.3 Å². The Morgan fingerprint density at radius 3 is 2.42 bits per heavy atom. The molecule has 0 radical (unpaired) electrons. The lowest BCUT2D eigenvalue weighted by atomic mass is 9.85. The number of piperazine rings is 1. The van der Waals surface area contributed by atoms with E-state index in [0.29, 0.717) is 28.7 Å². The summed E-state index contributed by atoms with van der Waals surface area (Å²) in [7, 11) is 2.10. The SMILES string of the molecule is CN1CCN(C(=O)C2CCC(n3c(Nc4ccccc4F)nc4cnc(NC5CCC(O)CC5)nc43)CC2)CC1. The number of imidazole rings is 1. The van der Waals surface area contributed by atoms with Crippen LogP contribution in [0, 0.1) is 11.7 Å². The Morgan fingerprint density at radius 2 is 1.70 bits per heavy atom. The van der Waals surface area contributed by atoms with Gasteiger partial charge in [-0.3, -0.25) is 9.36 Å². The highest BCUT2D eigenvalue weighted by Gasteiger charge is 2.33. The summed E-state index contributed by atoms with van der Waals surface area (Å²) in [6, 6.07) is 6.85. The molecule has 1 aliphatic heterocycles. The van der Waals surface area contributed by atoms with Crippen LogP contribution < -0.4 is 10.6 Å². The van der Waals surface area contributed by atoms with Gasteiger partial charge in [0.2, 0.25) is 17.8 Å². The van der Waals surface area contributed by atoms with Crippen molar-refractivity contribution in [3.8, 4) is 0 Å². The van der Waals surface area contributed by atoms with Crippen LogP contribution in [0.3, 0.4) is 0 Å². The molecule has 2 aliphatic carbocycles. The van der Waals surface area contributed by atoms with Gasteiger partial charge in [-0.2, -0.15) is 4.98 Å². The molecular weight excluding hydrogens is 511 g/mol. The molecule has 3 heterocycles. The van der Waals surface area contributed by atoms with E-state index >= 15 is 0 Å². The first-order chi connectivity index (χ1) is 19.4. The van der Waals surface area contributed by atoms with Crippen LogP contribution in [-0.4, -0.2) is 85.7 Å². The maximum absolute atomic E-state index is 14.6. The third-order valence-corrected chi connectivity index (χ3v) is 8.81. The van der Waals surface area contributed by atoms with E-state index in [9.17, 15) is 14.3 Å². The largest absolute Gasteiger partial charge is 0.393 e. The first kappa shape index (κ1) is 26.9. The van der Waals surface area contributed by atoms with Gasteiger partial charge in [0.1, 0.15) is 11.3 Å². The molecule has 10 nitrogen and oxygen atoms in total. The van der Waals surface area contributed by atoms with Crippen molar-refractivity contribution < 1.29 is 14.3 Å². The molecule has 0 atom stereocenters. The smallest absolute Gasteiger partial charge is 0.225 e. The number of fused-ring (bicyclic) bond motifs is 1. The molecule has 3 aliphatic rings. The second-order valence-corrected chi connectivity index (χ2v) is 11.6. The van der Waals surface area contributed by atoms with Crippen molar-refractivity contribution in [1.29, 1.82) is 0 Å². The van der Waals surface area contributed by atoms with E-state index in [1.165, 1.54) is 6.07 Å². The van der Waals surface area contributed by atoms with E-state index in [4.69, 9.17) is 9.97 Å². The van der Waals surface area contributed by atoms with E-state index in [0.717, 1.165) is 77.5 Å². The van der Waals surface area contributed by atoms with Crippen LogP contribution in [0.4, 0.5) is 22.0 Å². The molecule has 2 saturated carbocycles. The maximum atomic E-state index is 14.6. The van der Waals surface area contributed by atoms with Crippen LogP contribution in [0.15, 0.2) is 30.5 Å². The summed E-state index contributed by atoms with van der Waals surface area (Å²) in [4.78, 5) is 31.7. The monoisotopic (exact) mass is 550 g/mol. The highest BCUT2D eigenvalue weighted by molar-refractivity contribution is 5.79. The van der Waals surface area contributed by atoms with Gasteiger partial charge in [-0.25, -0.2) is 14.4 Å². The molecule has 3 N–H and O–H groups in total. The molecule has 0 bridgehead atoms. The molecule has 1 aromatic carbocycles. The molecular formula is C29H39FN8O2. The van der Waals surface area contributed by atoms with Gasteiger partial charge in [0.15, 0.2) is 5.65 Å². The minimum atomic E-state index is -0.351. The molecule has 40 heavy (non-hydrogen) atoms. The lowest BCUT2D eigenvalue weighted by molar-refractivity contribution is -0.138. The molecule has 0 unspecified atom stereocenters. The van der Waals surface area contributed by atoms with E-state index in [2.05, 4.69) is 32.1 Å². The third-order valence-electron chi connectivity index (χ3n) is 8.81. The average molecular weight is 551 g/mol. The second-order valence-electron chi connectivity index (χ2n) is 11.6. The molecule has 2 aromatic heterocycles. The van der Waals surface area contributed by atoms with E-state index in [1.54, 1.807) is 24.4 Å².